The minimum absolute atomic E-state index is 0.379. The van der Waals surface area contributed by atoms with Crippen LogP contribution in [0.15, 0.2) is 25.3 Å². The number of anilines is 1. The minimum Gasteiger partial charge on any atom is -0.394 e. The van der Waals surface area contributed by atoms with Crippen molar-refractivity contribution in [2.45, 2.75) is 62.7 Å². The van der Waals surface area contributed by atoms with Gasteiger partial charge in [-0.2, -0.15) is 0 Å². The highest BCUT2D eigenvalue weighted by atomic mass is 16.6. The van der Waals surface area contributed by atoms with Gasteiger partial charge >= 0.3 is 0 Å². The predicted octanol–water partition coefficient (Wildman–Crippen LogP) is 0.763. The summed E-state index contributed by atoms with van der Waals surface area (Å²) in [7, 11) is 0. The summed E-state index contributed by atoms with van der Waals surface area (Å²) in [6, 6.07) is 0.379. The molecule has 9 heteroatoms. The Morgan fingerprint density at radius 1 is 1.18 bits per heavy atom. The van der Waals surface area contributed by atoms with Crippen molar-refractivity contribution >= 4 is 17.0 Å². The maximum absolute atomic E-state index is 10.4. The highest BCUT2D eigenvalue weighted by molar-refractivity contribution is 5.83. The van der Waals surface area contributed by atoms with E-state index in [2.05, 4.69) is 26.4 Å². The molecule has 3 heterocycles. The Balaban J connectivity index is 1.71. The first-order valence-corrected chi connectivity index (χ1v) is 9.83. The Morgan fingerprint density at radius 3 is 2.64 bits per heavy atom. The van der Waals surface area contributed by atoms with E-state index >= 15 is 0 Å². The Labute approximate surface area is 163 Å². The van der Waals surface area contributed by atoms with E-state index < -0.39 is 24.5 Å². The van der Waals surface area contributed by atoms with Crippen molar-refractivity contribution < 1.29 is 20.1 Å². The fourth-order valence-corrected chi connectivity index (χ4v) is 4.29. The number of aromatic nitrogens is 4. The van der Waals surface area contributed by atoms with Gasteiger partial charge < -0.3 is 25.0 Å². The van der Waals surface area contributed by atoms with Crippen LogP contribution in [-0.2, 0) is 4.74 Å². The van der Waals surface area contributed by atoms with Gasteiger partial charge in [0.15, 0.2) is 23.2 Å². The van der Waals surface area contributed by atoms with Gasteiger partial charge in [-0.05, 0) is 12.8 Å². The van der Waals surface area contributed by atoms with Crippen LogP contribution in [0.1, 0.15) is 38.3 Å². The van der Waals surface area contributed by atoms with Crippen LogP contribution in [0.3, 0.4) is 0 Å². The third kappa shape index (κ3) is 3.28. The van der Waals surface area contributed by atoms with Gasteiger partial charge in [-0.1, -0.05) is 25.3 Å². The van der Waals surface area contributed by atoms with E-state index in [-0.39, 0.29) is 6.61 Å². The fraction of sp³-hybridized carbons (Fsp3) is 0.632. The number of aliphatic hydroxyl groups excluding tert-OH is 3. The lowest BCUT2D eigenvalue weighted by molar-refractivity contribution is -0.0511. The van der Waals surface area contributed by atoms with Crippen LogP contribution in [0.5, 0.6) is 0 Å². The van der Waals surface area contributed by atoms with Crippen LogP contribution in [0.2, 0.25) is 0 Å². The van der Waals surface area contributed by atoms with Crippen LogP contribution in [0.4, 0.5) is 5.82 Å². The number of imidazole rings is 1. The van der Waals surface area contributed by atoms with E-state index in [1.807, 2.05) is 6.08 Å². The van der Waals surface area contributed by atoms with Crippen molar-refractivity contribution in [2.24, 2.45) is 0 Å². The van der Waals surface area contributed by atoms with Crippen LogP contribution in [0, 0.1) is 0 Å². The molecule has 0 aromatic carbocycles. The molecule has 1 aliphatic carbocycles. The molecule has 2 aromatic rings. The Bertz CT molecular complexity index is 822. The summed E-state index contributed by atoms with van der Waals surface area (Å²) in [6.45, 7) is 4.18. The van der Waals surface area contributed by atoms with E-state index in [9.17, 15) is 15.3 Å². The van der Waals surface area contributed by atoms with Crippen LogP contribution in [-0.4, -0.2) is 72.3 Å². The Hall–Kier alpha value is -2.07. The molecule has 2 aromatic heterocycles. The molecule has 9 nitrogen and oxygen atoms in total. The fourth-order valence-electron chi connectivity index (χ4n) is 4.29. The normalized spacial score (nSPS) is 28.7. The molecule has 0 bridgehead atoms. The Morgan fingerprint density at radius 2 is 1.96 bits per heavy atom. The maximum atomic E-state index is 10.4. The lowest BCUT2D eigenvalue weighted by Crippen LogP contribution is -2.37. The van der Waals surface area contributed by atoms with E-state index in [0.29, 0.717) is 23.8 Å². The van der Waals surface area contributed by atoms with E-state index in [0.717, 1.165) is 18.7 Å². The van der Waals surface area contributed by atoms with E-state index in [4.69, 9.17) is 4.74 Å². The number of hydrogen-bond acceptors (Lipinski definition) is 8. The van der Waals surface area contributed by atoms with Crippen molar-refractivity contribution in [3.63, 3.8) is 0 Å². The smallest absolute Gasteiger partial charge is 0.167 e. The second-order valence-electron chi connectivity index (χ2n) is 7.48. The average Bonchev–Trinajstić information content (AvgIpc) is 3.28. The van der Waals surface area contributed by atoms with Crippen molar-refractivity contribution in [3.8, 4) is 0 Å². The lowest BCUT2D eigenvalue weighted by atomic mass is 9.94. The summed E-state index contributed by atoms with van der Waals surface area (Å²) in [4.78, 5) is 15.6. The van der Waals surface area contributed by atoms with Gasteiger partial charge in [0, 0.05) is 12.6 Å². The molecular weight excluding hydrogens is 362 g/mol. The Kier molecular flexibility index (Phi) is 5.58. The number of fused-ring (bicyclic) bond motifs is 1. The number of ether oxygens (including phenoxy) is 1. The van der Waals surface area contributed by atoms with E-state index in [1.165, 1.54) is 31.9 Å². The zero-order valence-corrected chi connectivity index (χ0v) is 15.8. The molecule has 0 spiro atoms. The third-order valence-corrected chi connectivity index (χ3v) is 5.74. The van der Waals surface area contributed by atoms with Crippen LogP contribution >= 0.6 is 0 Å². The molecule has 1 aliphatic heterocycles. The highest BCUT2D eigenvalue weighted by Crippen LogP contribution is 2.34. The molecule has 0 amide bonds. The SMILES string of the molecule is C=CCN(c1ncnc2c1ncn2C1OC(CO)C(O)C1O)C1CCCCC1. The summed E-state index contributed by atoms with van der Waals surface area (Å²) in [5.41, 5.74) is 1.14. The molecule has 28 heavy (non-hydrogen) atoms. The van der Waals surface area contributed by atoms with Crippen molar-refractivity contribution in [1.29, 1.82) is 0 Å². The highest BCUT2D eigenvalue weighted by Gasteiger charge is 2.44. The number of aliphatic hydroxyl groups is 3. The molecule has 4 unspecified atom stereocenters. The molecule has 2 fully saturated rings. The first-order chi connectivity index (χ1) is 13.7. The molecule has 1 saturated heterocycles. The minimum atomic E-state index is -1.18. The van der Waals surface area contributed by atoms with Crippen LogP contribution in [0.25, 0.3) is 11.2 Å². The van der Waals surface area contributed by atoms with Gasteiger partial charge in [-0.3, -0.25) is 4.57 Å². The van der Waals surface area contributed by atoms with Crippen molar-refractivity contribution in [1.82, 2.24) is 19.5 Å². The predicted molar refractivity (Wildman–Crippen MR) is 103 cm³/mol. The summed E-state index contributed by atoms with van der Waals surface area (Å²) >= 11 is 0. The van der Waals surface area contributed by atoms with Gasteiger partial charge in [0.05, 0.1) is 12.9 Å². The van der Waals surface area contributed by atoms with Crippen molar-refractivity contribution in [2.75, 3.05) is 18.1 Å². The number of nitrogens with zero attached hydrogens (tertiary/aromatic N) is 5. The molecule has 1 saturated carbocycles. The van der Waals surface area contributed by atoms with Gasteiger partial charge in [-0.25, -0.2) is 15.0 Å². The average molecular weight is 389 g/mol. The molecule has 4 atom stereocenters. The van der Waals surface area contributed by atoms with Gasteiger partial charge in [0.1, 0.15) is 24.6 Å². The van der Waals surface area contributed by atoms with Crippen molar-refractivity contribution in [3.05, 3.63) is 25.3 Å². The molecule has 0 radical (unpaired) electrons. The monoisotopic (exact) mass is 389 g/mol. The quantitative estimate of drug-likeness (QED) is 0.620. The molecule has 152 valence electrons. The topological polar surface area (TPSA) is 117 Å². The standard InChI is InChI=1S/C19H27N5O4/c1-2-8-23(12-6-4-3-5-7-12)17-14-18(21-10-20-17)24(11-22-14)19-16(27)15(26)13(9-25)28-19/h2,10-13,15-16,19,25-27H,1,3-9H2. The molecular formula is C19H27N5O4. The van der Waals surface area contributed by atoms with Crippen LogP contribution < -0.4 is 4.90 Å². The number of rotatable bonds is 6. The second kappa shape index (κ2) is 8.12. The molecule has 3 N–H and O–H groups in total. The van der Waals surface area contributed by atoms with Gasteiger partial charge in [-0.15, -0.1) is 6.58 Å². The maximum Gasteiger partial charge on any atom is 0.167 e. The number of hydrogen-bond donors (Lipinski definition) is 3. The van der Waals surface area contributed by atoms with Gasteiger partial charge in [0.2, 0.25) is 0 Å². The first kappa shape index (κ1) is 19.3. The summed E-state index contributed by atoms with van der Waals surface area (Å²) in [5.74, 6) is 0.738. The zero-order chi connectivity index (χ0) is 19.7. The third-order valence-electron chi connectivity index (χ3n) is 5.74. The lowest BCUT2D eigenvalue weighted by Gasteiger charge is -2.34. The first-order valence-electron chi connectivity index (χ1n) is 9.83. The summed E-state index contributed by atoms with van der Waals surface area (Å²) < 4.78 is 7.23. The molecule has 2 aliphatic rings. The van der Waals surface area contributed by atoms with Gasteiger partial charge in [0.25, 0.3) is 0 Å². The zero-order valence-electron chi connectivity index (χ0n) is 15.8. The second-order valence-corrected chi connectivity index (χ2v) is 7.48. The summed E-state index contributed by atoms with van der Waals surface area (Å²) in [6.07, 6.45) is 6.68. The largest absolute Gasteiger partial charge is 0.394 e. The molecule has 4 rings (SSSR count). The van der Waals surface area contributed by atoms with E-state index in [1.54, 1.807) is 4.57 Å². The summed E-state index contributed by atoms with van der Waals surface area (Å²) in [5, 5.41) is 29.8.